The molecular formula is C20H18ClN3O. The van der Waals surface area contributed by atoms with Crippen molar-refractivity contribution in [2.24, 2.45) is 4.99 Å². The number of methoxy groups -OCH3 is 1. The number of aromatic amines is 1. The standard InChI is InChI=1S/C20H18ClN3O/c1-12-8-13(2)22-15(12)10-17-20(25-3)11-16(23-17)19-9-14-6-4-5-7-18(14)24(19)21/h4-11,22H,1-3H3/b17-10-. The van der Waals surface area contributed by atoms with Crippen LogP contribution in [0.5, 0.6) is 0 Å². The molecule has 0 saturated heterocycles. The second-order valence-electron chi connectivity index (χ2n) is 6.16. The lowest BCUT2D eigenvalue weighted by Gasteiger charge is -2.01. The van der Waals surface area contributed by atoms with Crippen LogP contribution in [0.3, 0.4) is 0 Å². The molecule has 1 aliphatic rings. The van der Waals surface area contributed by atoms with Gasteiger partial charge in [-0.05, 0) is 43.7 Å². The lowest BCUT2D eigenvalue weighted by molar-refractivity contribution is 0.303. The van der Waals surface area contributed by atoms with Crippen LogP contribution in [0.4, 0.5) is 0 Å². The molecular weight excluding hydrogens is 334 g/mol. The van der Waals surface area contributed by atoms with Gasteiger partial charge in [0.2, 0.25) is 0 Å². The smallest absolute Gasteiger partial charge is 0.146 e. The van der Waals surface area contributed by atoms with Crippen LogP contribution in [0, 0.1) is 13.8 Å². The van der Waals surface area contributed by atoms with Crippen LogP contribution in [0.15, 0.2) is 58.9 Å². The summed E-state index contributed by atoms with van der Waals surface area (Å²) >= 11 is 6.50. The zero-order valence-electron chi connectivity index (χ0n) is 14.3. The maximum absolute atomic E-state index is 6.50. The zero-order chi connectivity index (χ0) is 17.6. The van der Waals surface area contributed by atoms with E-state index in [0.29, 0.717) is 0 Å². The Bertz CT molecular complexity index is 1070. The Hall–Kier alpha value is -2.72. The molecule has 0 amide bonds. The van der Waals surface area contributed by atoms with Gasteiger partial charge in [-0.2, -0.15) is 0 Å². The molecule has 5 heteroatoms. The van der Waals surface area contributed by atoms with Gasteiger partial charge >= 0.3 is 0 Å². The maximum Gasteiger partial charge on any atom is 0.146 e. The minimum absolute atomic E-state index is 0.726. The van der Waals surface area contributed by atoms with Crippen molar-refractivity contribution in [3.8, 4) is 0 Å². The lowest BCUT2D eigenvalue weighted by Crippen LogP contribution is -1.98. The summed E-state index contributed by atoms with van der Waals surface area (Å²) in [5.74, 6) is 0.726. The number of halogens is 1. The molecule has 0 radical (unpaired) electrons. The number of hydrogen-bond donors (Lipinski definition) is 1. The second-order valence-corrected chi connectivity index (χ2v) is 6.50. The van der Waals surface area contributed by atoms with Crippen LogP contribution in [0.1, 0.15) is 22.6 Å². The van der Waals surface area contributed by atoms with E-state index in [2.05, 4.69) is 18.0 Å². The molecule has 1 N–H and O–H groups in total. The average Bonchev–Trinajstić information content (AvgIpc) is 3.24. The monoisotopic (exact) mass is 351 g/mol. The van der Waals surface area contributed by atoms with Gasteiger partial charge in [0.25, 0.3) is 0 Å². The van der Waals surface area contributed by atoms with Gasteiger partial charge < -0.3 is 9.72 Å². The predicted molar refractivity (Wildman–Crippen MR) is 103 cm³/mol. The van der Waals surface area contributed by atoms with E-state index < -0.39 is 0 Å². The van der Waals surface area contributed by atoms with Crippen molar-refractivity contribution in [3.05, 3.63) is 76.6 Å². The van der Waals surface area contributed by atoms with E-state index in [4.69, 9.17) is 21.5 Å². The van der Waals surface area contributed by atoms with Crippen LogP contribution in [-0.4, -0.2) is 21.9 Å². The number of aliphatic imine (C=N–C) groups is 1. The first kappa shape index (κ1) is 15.8. The third-order valence-electron chi connectivity index (χ3n) is 4.37. The first-order valence-corrected chi connectivity index (χ1v) is 8.40. The summed E-state index contributed by atoms with van der Waals surface area (Å²) in [4.78, 5) is 8.09. The Balaban J connectivity index is 1.81. The Morgan fingerprint density at radius 3 is 2.68 bits per heavy atom. The summed E-state index contributed by atoms with van der Waals surface area (Å²) in [6, 6.07) is 12.1. The van der Waals surface area contributed by atoms with Gasteiger partial charge in [0.05, 0.1) is 24.0 Å². The molecule has 0 bridgehead atoms. The maximum atomic E-state index is 6.50. The van der Waals surface area contributed by atoms with Crippen LogP contribution < -0.4 is 0 Å². The molecule has 0 fully saturated rings. The van der Waals surface area contributed by atoms with Crippen molar-refractivity contribution in [2.75, 3.05) is 7.11 Å². The second kappa shape index (κ2) is 5.97. The molecule has 126 valence electrons. The van der Waals surface area contributed by atoms with Crippen molar-refractivity contribution in [1.82, 2.24) is 9.07 Å². The Kier molecular flexibility index (Phi) is 3.77. The number of allylic oxidation sites excluding steroid dienone is 1. The summed E-state index contributed by atoms with van der Waals surface area (Å²) < 4.78 is 7.16. The van der Waals surface area contributed by atoms with E-state index in [1.807, 2.05) is 49.4 Å². The highest BCUT2D eigenvalue weighted by Gasteiger charge is 2.20. The van der Waals surface area contributed by atoms with Gasteiger partial charge in [-0.15, -0.1) is 0 Å². The normalized spacial score (nSPS) is 15.8. The first-order chi connectivity index (χ1) is 12.1. The number of rotatable bonds is 3. The molecule has 1 aliphatic heterocycles. The molecule has 4 rings (SSSR count). The fourth-order valence-corrected chi connectivity index (χ4v) is 3.44. The van der Waals surface area contributed by atoms with Crippen molar-refractivity contribution in [2.45, 2.75) is 13.8 Å². The molecule has 3 heterocycles. The molecule has 0 unspecified atom stereocenters. The fraction of sp³-hybridized carbons (Fsp3) is 0.150. The number of H-pyrrole nitrogens is 1. The Morgan fingerprint density at radius 2 is 2.00 bits per heavy atom. The molecule has 25 heavy (non-hydrogen) atoms. The van der Waals surface area contributed by atoms with Crippen LogP contribution in [0.2, 0.25) is 0 Å². The number of nitrogens with zero attached hydrogens (tertiary/aromatic N) is 2. The molecule has 0 spiro atoms. The number of benzene rings is 1. The minimum atomic E-state index is 0.726. The summed E-state index contributed by atoms with van der Waals surface area (Å²) in [6.07, 6.45) is 3.93. The van der Waals surface area contributed by atoms with Crippen molar-refractivity contribution < 1.29 is 4.74 Å². The van der Waals surface area contributed by atoms with Gasteiger partial charge in [0, 0.05) is 34.6 Å². The van der Waals surface area contributed by atoms with Crippen molar-refractivity contribution in [1.29, 1.82) is 0 Å². The van der Waals surface area contributed by atoms with Gasteiger partial charge in [-0.3, -0.25) is 4.09 Å². The molecule has 0 aliphatic carbocycles. The minimum Gasteiger partial charge on any atom is -0.494 e. The van der Waals surface area contributed by atoms with E-state index in [-0.39, 0.29) is 0 Å². The SMILES string of the molecule is COC1=CC(c2cc3ccccc3n2Cl)=N/C1=C\c1[nH]c(C)cc1C. The largest absolute Gasteiger partial charge is 0.494 e. The number of para-hydroxylation sites is 1. The fourth-order valence-electron chi connectivity index (χ4n) is 3.15. The molecule has 3 aromatic rings. The Morgan fingerprint density at radius 1 is 1.20 bits per heavy atom. The number of aryl methyl sites for hydroxylation is 2. The van der Waals surface area contributed by atoms with Gasteiger partial charge in [0.15, 0.2) is 0 Å². The predicted octanol–water partition coefficient (Wildman–Crippen LogP) is 4.96. The topological polar surface area (TPSA) is 42.3 Å². The van der Waals surface area contributed by atoms with Crippen LogP contribution in [0.25, 0.3) is 17.0 Å². The molecule has 1 aromatic carbocycles. The van der Waals surface area contributed by atoms with E-state index >= 15 is 0 Å². The highest BCUT2D eigenvalue weighted by molar-refractivity contribution is 6.25. The van der Waals surface area contributed by atoms with Crippen LogP contribution >= 0.6 is 11.8 Å². The highest BCUT2D eigenvalue weighted by Crippen LogP contribution is 2.29. The van der Waals surface area contributed by atoms with Gasteiger partial charge in [-0.25, -0.2) is 4.99 Å². The number of ether oxygens (including phenoxy) is 1. The highest BCUT2D eigenvalue weighted by atomic mass is 35.5. The van der Waals surface area contributed by atoms with Crippen LogP contribution in [-0.2, 0) is 4.74 Å². The summed E-state index contributed by atoms with van der Waals surface area (Å²) in [5, 5.41) is 1.08. The molecule has 0 atom stereocenters. The van der Waals surface area contributed by atoms with Crippen molar-refractivity contribution >= 4 is 34.5 Å². The molecule has 0 saturated carbocycles. The van der Waals surface area contributed by atoms with E-state index in [9.17, 15) is 0 Å². The van der Waals surface area contributed by atoms with Gasteiger partial charge in [-0.1, -0.05) is 18.2 Å². The molecule has 4 nitrogen and oxygen atoms in total. The average molecular weight is 352 g/mol. The summed E-state index contributed by atoms with van der Waals surface area (Å²) in [5.41, 5.74) is 6.71. The zero-order valence-corrected chi connectivity index (χ0v) is 15.1. The third kappa shape index (κ3) is 2.68. The van der Waals surface area contributed by atoms with Gasteiger partial charge in [0.1, 0.15) is 11.5 Å². The number of nitrogens with one attached hydrogen (secondary N) is 1. The molecule has 2 aromatic heterocycles. The van der Waals surface area contributed by atoms with E-state index in [1.165, 1.54) is 5.56 Å². The Labute approximate surface area is 151 Å². The summed E-state index contributed by atoms with van der Waals surface area (Å²) in [6.45, 7) is 4.11. The number of hydrogen-bond acceptors (Lipinski definition) is 2. The van der Waals surface area contributed by atoms with E-state index in [1.54, 1.807) is 11.2 Å². The lowest BCUT2D eigenvalue weighted by atomic mass is 10.2. The number of aromatic nitrogens is 2. The quantitative estimate of drug-likeness (QED) is 0.711. The van der Waals surface area contributed by atoms with Crippen molar-refractivity contribution in [3.63, 3.8) is 0 Å². The first-order valence-electron chi connectivity index (χ1n) is 8.06. The summed E-state index contributed by atoms with van der Waals surface area (Å²) in [7, 11) is 1.65. The van der Waals surface area contributed by atoms with E-state index in [0.717, 1.165) is 45.2 Å². The number of fused-ring (bicyclic) bond motifs is 1. The third-order valence-corrected chi connectivity index (χ3v) is 4.73.